The van der Waals surface area contributed by atoms with Gasteiger partial charge >= 0.3 is 0 Å². The number of aliphatic imine (C=N–C) groups is 1. The maximum absolute atomic E-state index is 13.7. The molecule has 0 fully saturated rings. The number of carbonyl (C=O) groups excluding carboxylic acids is 2. The van der Waals surface area contributed by atoms with Crippen LogP contribution in [0.1, 0.15) is 35.5 Å². The third-order valence-corrected chi connectivity index (χ3v) is 5.93. The third-order valence-electron chi connectivity index (χ3n) is 5.93. The molecule has 0 bridgehead atoms. The number of Topliss-reactive ketones (excluding diaryl/α,β-unsaturated/α-hetero) is 1. The smallest absolute Gasteiger partial charge is 0.266 e. The van der Waals surface area contributed by atoms with Crippen molar-refractivity contribution >= 4 is 23.7 Å². The van der Waals surface area contributed by atoms with E-state index >= 15 is 0 Å². The van der Waals surface area contributed by atoms with Gasteiger partial charge in [-0.05, 0) is 50.1 Å². The Balaban J connectivity index is 2.12. The number of hydrogen-bond donors (Lipinski definition) is 3. The summed E-state index contributed by atoms with van der Waals surface area (Å²) in [6.07, 6.45) is 1.03. The number of benzene rings is 1. The van der Waals surface area contributed by atoms with Crippen molar-refractivity contribution in [2.24, 2.45) is 10.7 Å². The van der Waals surface area contributed by atoms with Gasteiger partial charge in [0.15, 0.2) is 5.78 Å². The van der Waals surface area contributed by atoms with Crippen LogP contribution >= 0.6 is 0 Å². The summed E-state index contributed by atoms with van der Waals surface area (Å²) in [5.74, 6) is -0.138. The number of amides is 1. The van der Waals surface area contributed by atoms with Crippen molar-refractivity contribution in [3.63, 3.8) is 0 Å². The van der Waals surface area contributed by atoms with Gasteiger partial charge in [0.1, 0.15) is 5.84 Å². The number of pyridine rings is 1. The van der Waals surface area contributed by atoms with Crippen molar-refractivity contribution in [2.45, 2.75) is 39.3 Å². The van der Waals surface area contributed by atoms with Crippen LogP contribution in [0.25, 0.3) is 5.70 Å². The van der Waals surface area contributed by atoms with E-state index in [1.54, 1.807) is 19.1 Å². The second kappa shape index (κ2) is 10.9. The summed E-state index contributed by atoms with van der Waals surface area (Å²) in [5, 5.41) is 5.83. The first-order valence-electron chi connectivity index (χ1n) is 11.3. The quantitative estimate of drug-likeness (QED) is 0.369. The fourth-order valence-electron chi connectivity index (χ4n) is 4.13. The number of aromatic nitrogens is 1. The summed E-state index contributed by atoms with van der Waals surface area (Å²) < 4.78 is 1.40. The van der Waals surface area contributed by atoms with Crippen molar-refractivity contribution in [1.82, 2.24) is 15.2 Å². The van der Waals surface area contributed by atoms with Gasteiger partial charge < -0.3 is 16.4 Å². The second-order valence-corrected chi connectivity index (χ2v) is 8.23. The monoisotopic (exact) mass is 461 g/mol. The number of amidine groups is 1. The molecule has 8 heteroatoms. The number of aryl methyl sites for hydroxylation is 1. The molecule has 0 aliphatic carbocycles. The standard InChI is InChI=1S/C26H31N5O3/c1-5-29-22(13-19-9-7-6-8-10-19)24(33)20-12-11-16(2)31(26(20)34)23-21(14-28-15-32)17(3)18(4)30-25(23)27/h6-12,15,18,22,29H,3,5,13-14H2,1-2,4H3,(H2,27,30)(H,28,32)/t18?,22-/m0/s1. The molecule has 0 saturated carbocycles. The predicted octanol–water partition coefficient (Wildman–Crippen LogP) is 1.83. The van der Waals surface area contributed by atoms with Crippen LogP contribution in [0.15, 0.2) is 70.0 Å². The molecule has 2 aromatic rings. The molecule has 34 heavy (non-hydrogen) atoms. The van der Waals surface area contributed by atoms with Crippen molar-refractivity contribution in [3.8, 4) is 0 Å². The summed E-state index contributed by atoms with van der Waals surface area (Å²) >= 11 is 0. The fraction of sp³-hybridized carbons (Fsp3) is 0.308. The normalized spacial score (nSPS) is 16.7. The second-order valence-electron chi connectivity index (χ2n) is 8.23. The lowest BCUT2D eigenvalue weighted by molar-refractivity contribution is -0.109. The van der Waals surface area contributed by atoms with Crippen molar-refractivity contribution in [3.05, 3.63) is 87.4 Å². The zero-order valence-electron chi connectivity index (χ0n) is 19.8. The van der Waals surface area contributed by atoms with Crippen molar-refractivity contribution in [2.75, 3.05) is 13.1 Å². The van der Waals surface area contributed by atoms with Gasteiger partial charge in [-0.1, -0.05) is 43.8 Å². The molecule has 0 saturated heterocycles. The van der Waals surface area contributed by atoms with E-state index in [1.165, 1.54) is 4.57 Å². The highest BCUT2D eigenvalue weighted by Crippen LogP contribution is 2.27. The SMILES string of the molecule is C=C1C(CNC=O)=C(n2c(C)ccc(C(=O)[C@H](Cc3ccccc3)NCC)c2=O)C(N)=NC1C. The minimum atomic E-state index is -0.561. The first-order chi connectivity index (χ1) is 16.3. The van der Waals surface area contributed by atoms with Crippen molar-refractivity contribution in [1.29, 1.82) is 0 Å². The average molecular weight is 462 g/mol. The van der Waals surface area contributed by atoms with Gasteiger partial charge in [0.25, 0.3) is 5.56 Å². The van der Waals surface area contributed by atoms with E-state index in [9.17, 15) is 14.4 Å². The highest BCUT2D eigenvalue weighted by Gasteiger charge is 2.29. The largest absolute Gasteiger partial charge is 0.382 e. The molecule has 2 heterocycles. The minimum Gasteiger partial charge on any atom is -0.382 e. The van der Waals surface area contributed by atoms with Gasteiger partial charge in [-0.2, -0.15) is 0 Å². The molecule has 1 amide bonds. The first-order valence-corrected chi connectivity index (χ1v) is 11.3. The summed E-state index contributed by atoms with van der Waals surface area (Å²) in [7, 11) is 0. The average Bonchev–Trinajstić information content (AvgIpc) is 2.82. The maximum Gasteiger partial charge on any atom is 0.266 e. The van der Waals surface area contributed by atoms with Crippen LogP contribution in [0.2, 0.25) is 0 Å². The lowest BCUT2D eigenvalue weighted by Crippen LogP contribution is -2.43. The number of nitrogens with one attached hydrogen (secondary N) is 2. The molecule has 8 nitrogen and oxygen atoms in total. The maximum atomic E-state index is 13.7. The zero-order valence-corrected chi connectivity index (χ0v) is 19.8. The molecule has 1 aliphatic rings. The van der Waals surface area contributed by atoms with Gasteiger partial charge in [-0.15, -0.1) is 0 Å². The molecule has 0 spiro atoms. The summed E-state index contributed by atoms with van der Waals surface area (Å²) in [4.78, 5) is 42.6. The molecular weight excluding hydrogens is 430 g/mol. The fourth-order valence-corrected chi connectivity index (χ4v) is 4.13. The highest BCUT2D eigenvalue weighted by molar-refractivity contribution is 6.19. The van der Waals surface area contributed by atoms with E-state index in [4.69, 9.17) is 5.73 Å². The molecule has 2 atom stereocenters. The van der Waals surface area contributed by atoms with Crippen LogP contribution < -0.4 is 21.9 Å². The number of rotatable bonds is 10. The molecule has 3 rings (SSSR count). The summed E-state index contributed by atoms with van der Waals surface area (Å²) in [5.41, 5.74) is 9.03. The Morgan fingerprint density at radius 1 is 1.26 bits per heavy atom. The lowest BCUT2D eigenvalue weighted by Gasteiger charge is -2.27. The molecule has 1 aliphatic heterocycles. The molecule has 1 aromatic heterocycles. The Labute approximate surface area is 199 Å². The topological polar surface area (TPSA) is 119 Å². The molecule has 1 aromatic carbocycles. The Bertz CT molecular complexity index is 1210. The van der Waals surface area contributed by atoms with Crippen LogP contribution in [0.5, 0.6) is 0 Å². The molecule has 0 radical (unpaired) electrons. The summed E-state index contributed by atoms with van der Waals surface area (Å²) in [6, 6.07) is 12.1. The molecule has 4 N–H and O–H groups in total. The number of carbonyl (C=O) groups is 2. The van der Waals surface area contributed by atoms with E-state index in [0.717, 1.165) is 5.56 Å². The minimum absolute atomic E-state index is 0.0553. The Morgan fingerprint density at radius 2 is 1.97 bits per heavy atom. The van der Waals surface area contributed by atoms with E-state index in [1.807, 2.05) is 44.2 Å². The Hall–Kier alpha value is -3.78. The number of ketones is 1. The first kappa shape index (κ1) is 24.9. The predicted molar refractivity (Wildman–Crippen MR) is 135 cm³/mol. The number of hydrogen-bond acceptors (Lipinski definition) is 6. The number of nitrogens with two attached hydrogens (primary N) is 1. The van der Waals surface area contributed by atoms with Gasteiger partial charge in [0.2, 0.25) is 6.41 Å². The van der Waals surface area contributed by atoms with Crippen LogP contribution in [0.4, 0.5) is 0 Å². The van der Waals surface area contributed by atoms with E-state index in [-0.39, 0.29) is 29.8 Å². The molecule has 178 valence electrons. The van der Waals surface area contributed by atoms with E-state index in [0.29, 0.717) is 41.9 Å². The molecular formula is C26H31N5O3. The zero-order chi connectivity index (χ0) is 24.8. The van der Waals surface area contributed by atoms with Gasteiger partial charge in [-0.25, -0.2) is 0 Å². The van der Waals surface area contributed by atoms with Crippen molar-refractivity contribution < 1.29 is 9.59 Å². The van der Waals surface area contributed by atoms with Crippen LogP contribution in [-0.4, -0.2) is 47.8 Å². The van der Waals surface area contributed by atoms with Gasteiger partial charge in [0.05, 0.1) is 23.3 Å². The highest BCUT2D eigenvalue weighted by atomic mass is 16.2. The number of dihydropyridines is 1. The number of likely N-dealkylation sites (N-methyl/N-ethyl adjacent to an activating group) is 1. The molecule has 1 unspecified atom stereocenters. The summed E-state index contributed by atoms with van der Waals surface area (Å²) in [6.45, 7) is 10.3. The van der Waals surface area contributed by atoms with E-state index in [2.05, 4.69) is 22.2 Å². The van der Waals surface area contributed by atoms with E-state index < -0.39 is 11.6 Å². The Morgan fingerprint density at radius 3 is 2.62 bits per heavy atom. The van der Waals surface area contributed by atoms with Crippen LogP contribution in [-0.2, 0) is 11.2 Å². The van der Waals surface area contributed by atoms with Crippen LogP contribution in [0.3, 0.4) is 0 Å². The van der Waals surface area contributed by atoms with Gasteiger partial charge in [0, 0.05) is 17.8 Å². The Kier molecular flexibility index (Phi) is 7.96. The van der Waals surface area contributed by atoms with Gasteiger partial charge in [-0.3, -0.25) is 23.9 Å². The number of nitrogens with zero attached hydrogens (tertiary/aromatic N) is 2. The lowest BCUT2D eigenvalue weighted by atomic mass is 9.95. The third kappa shape index (κ3) is 5.07. The van der Waals surface area contributed by atoms with Crippen LogP contribution in [0, 0.1) is 6.92 Å².